The molecule has 8 N–H and O–H groups in total. The van der Waals surface area contributed by atoms with Crippen LogP contribution in [0.3, 0.4) is 0 Å². The molecule has 9 nitrogen and oxygen atoms in total. The fourth-order valence-electron chi connectivity index (χ4n) is 0. The quantitative estimate of drug-likeness (QED) is 0.136. The maximum absolute atomic E-state index is 8.88. The van der Waals surface area contributed by atoms with Gasteiger partial charge in [0.2, 0.25) is 0 Å². The van der Waals surface area contributed by atoms with Gasteiger partial charge in [-0.1, -0.05) is 0 Å². The molecule has 0 aromatic rings. The molecule has 0 aromatic carbocycles. The van der Waals surface area contributed by atoms with Crippen LogP contribution in [0.5, 0.6) is 0 Å². The maximum Gasteiger partial charge on any atom is 2.00 e. The molecule has 0 aliphatic heterocycles. The standard InChI is InChI=1S/2Ba.2H3O4P.H2O.Ti/c;;2*1-5(2,3)4;;/h;;2*(H3,1,2,3,4);1H2;/q2*+2;;;;. The van der Waals surface area contributed by atoms with E-state index in [1.54, 1.807) is 0 Å². The average molecular weight is 537 g/mol. The molecule has 0 aromatic heterocycles. The average Bonchev–Trinajstić information content (AvgIpc) is 1.12. The molecule has 0 atom stereocenters. The minimum atomic E-state index is -4.64. The first-order chi connectivity index (χ1) is 4.00. The van der Waals surface area contributed by atoms with Crippen molar-refractivity contribution in [3.05, 3.63) is 0 Å². The minimum absolute atomic E-state index is 0. The van der Waals surface area contributed by atoms with Crippen LogP contribution < -0.4 is 0 Å². The summed E-state index contributed by atoms with van der Waals surface area (Å²) in [5, 5.41) is 0. The SMILES string of the molecule is O.O=P(O)(O)O.O=P(O)(O)O.[Ba+2].[Ba+2].[Ti]. The van der Waals surface area contributed by atoms with Gasteiger partial charge in [0.05, 0.1) is 0 Å². The molecule has 0 heterocycles. The molecule has 0 spiro atoms. The summed E-state index contributed by atoms with van der Waals surface area (Å²) >= 11 is 0. The van der Waals surface area contributed by atoms with Crippen LogP contribution >= 0.6 is 15.6 Å². The molecule has 14 heavy (non-hydrogen) atoms. The molecular weight excluding hydrogens is 528 g/mol. The van der Waals surface area contributed by atoms with Crippen LogP contribution in [0.15, 0.2) is 0 Å². The van der Waals surface area contributed by atoms with Crippen molar-refractivity contribution in [1.29, 1.82) is 0 Å². The summed E-state index contributed by atoms with van der Waals surface area (Å²) in [6.45, 7) is 0. The number of hydrogen-bond acceptors (Lipinski definition) is 2. The zero-order valence-electron chi connectivity index (χ0n) is 6.81. The zero-order chi connectivity index (χ0) is 9.00. The van der Waals surface area contributed by atoms with E-state index >= 15 is 0 Å². The van der Waals surface area contributed by atoms with Gasteiger partial charge in [-0.05, 0) is 0 Å². The maximum atomic E-state index is 8.88. The summed E-state index contributed by atoms with van der Waals surface area (Å²) in [4.78, 5) is 43.1. The Morgan fingerprint density at radius 1 is 0.643 bits per heavy atom. The van der Waals surface area contributed by atoms with E-state index in [2.05, 4.69) is 0 Å². The van der Waals surface area contributed by atoms with Crippen molar-refractivity contribution in [2.24, 2.45) is 0 Å². The molecular formula is H8Ba2O9P2Ti+4. The van der Waals surface area contributed by atoms with Crippen molar-refractivity contribution in [3.8, 4) is 0 Å². The zero-order valence-corrected chi connectivity index (χ0v) is 19.0. The number of hydrogen-bond donors (Lipinski definition) is 6. The van der Waals surface area contributed by atoms with E-state index in [-0.39, 0.29) is 125 Å². The van der Waals surface area contributed by atoms with Gasteiger partial charge in [-0.3, -0.25) is 0 Å². The molecule has 14 heteroatoms. The second-order valence-electron chi connectivity index (χ2n) is 1.03. The number of rotatable bonds is 0. The second-order valence-corrected chi connectivity index (χ2v) is 3.08. The Bertz CT molecular complexity index is 133. The van der Waals surface area contributed by atoms with Gasteiger partial charge in [-0.2, -0.15) is 0 Å². The van der Waals surface area contributed by atoms with Crippen molar-refractivity contribution in [1.82, 2.24) is 0 Å². The summed E-state index contributed by atoms with van der Waals surface area (Å²) < 4.78 is 17.8. The first kappa shape index (κ1) is 36.1. The van der Waals surface area contributed by atoms with Crippen molar-refractivity contribution in [3.63, 3.8) is 0 Å². The summed E-state index contributed by atoms with van der Waals surface area (Å²) in [6, 6.07) is 0. The van der Waals surface area contributed by atoms with Crippen LogP contribution in [0.1, 0.15) is 0 Å². The van der Waals surface area contributed by atoms with Crippen LogP contribution in [0.25, 0.3) is 0 Å². The van der Waals surface area contributed by atoms with Crippen molar-refractivity contribution in [2.45, 2.75) is 0 Å². The van der Waals surface area contributed by atoms with Gasteiger partial charge in [-0.15, -0.1) is 0 Å². The van der Waals surface area contributed by atoms with Gasteiger partial charge in [0.15, 0.2) is 0 Å². The largest absolute Gasteiger partial charge is 2.00 e. The molecule has 0 aliphatic carbocycles. The molecule has 0 unspecified atom stereocenters. The van der Waals surface area contributed by atoms with Gasteiger partial charge in [0.1, 0.15) is 0 Å². The van der Waals surface area contributed by atoms with Crippen molar-refractivity contribution < 1.29 is 65.7 Å². The van der Waals surface area contributed by atoms with E-state index in [0.29, 0.717) is 0 Å². The van der Waals surface area contributed by atoms with E-state index in [4.69, 9.17) is 38.5 Å². The second kappa shape index (κ2) is 17.0. The first-order valence-electron chi connectivity index (χ1n) is 1.57. The third-order valence-electron chi connectivity index (χ3n) is 0. The van der Waals surface area contributed by atoms with Crippen LogP contribution in [0.4, 0.5) is 0 Å². The fourth-order valence-corrected chi connectivity index (χ4v) is 0. The van der Waals surface area contributed by atoms with Gasteiger partial charge in [0.25, 0.3) is 0 Å². The Morgan fingerprint density at radius 3 is 0.643 bits per heavy atom. The van der Waals surface area contributed by atoms with E-state index in [0.717, 1.165) is 0 Å². The topological polar surface area (TPSA) is 187 Å². The van der Waals surface area contributed by atoms with E-state index in [1.165, 1.54) is 0 Å². The smallest absolute Gasteiger partial charge is 0.412 e. The third-order valence-corrected chi connectivity index (χ3v) is 0. The van der Waals surface area contributed by atoms with Gasteiger partial charge >= 0.3 is 113 Å². The van der Waals surface area contributed by atoms with Crippen molar-refractivity contribution in [2.75, 3.05) is 0 Å². The molecule has 0 radical (unpaired) electrons. The molecule has 0 saturated heterocycles. The molecule has 0 rings (SSSR count). The Morgan fingerprint density at radius 2 is 0.643 bits per heavy atom. The van der Waals surface area contributed by atoms with Gasteiger partial charge in [-0.25, -0.2) is 9.13 Å². The minimum Gasteiger partial charge on any atom is -0.412 e. The van der Waals surface area contributed by atoms with E-state index < -0.39 is 15.6 Å². The molecule has 0 fully saturated rings. The Labute approximate surface area is 175 Å². The van der Waals surface area contributed by atoms with Crippen molar-refractivity contribution >= 4 is 113 Å². The summed E-state index contributed by atoms with van der Waals surface area (Å²) in [6.07, 6.45) is 0. The molecule has 76 valence electrons. The van der Waals surface area contributed by atoms with Gasteiger partial charge < -0.3 is 34.8 Å². The Kier molecular flexibility index (Phi) is 44.0. The predicted octanol–water partition coefficient (Wildman–Crippen LogP) is -3.45. The van der Waals surface area contributed by atoms with E-state index in [9.17, 15) is 0 Å². The third kappa shape index (κ3) is 222. The number of phosphoric acid groups is 2. The van der Waals surface area contributed by atoms with Crippen LogP contribution in [-0.2, 0) is 30.8 Å². The van der Waals surface area contributed by atoms with Crippen LogP contribution in [0.2, 0.25) is 0 Å². The molecule has 0 amide bonds. The monoisotopic (exact) mass is 538 g/mol. The Balaban J connectivity index is -0.0000000178. The predicted molar refractivity (Wildman–Crippen MR) is 43.6 cm³/mol. The Hall–Kier alpha value is 4.04. The molecule has 0 bridgehead atoms. The first-order valence-corrected chi connectivity index (χ1v) is 4.70. The fraction of sp³-hybridized carbons (Fsp3) is 0. The van der Waals surface area contributed by atoms with Crippen LogP contribution in [-0.4, -0.2) is 133 Å². The summed E-state index contributed by atoms with van der Waals surface area (Å²) in [5.41, 5.74) is 0. The summed E-state index contributed by atoms with van der Waals surface area (Å²) in [5.74, 6) is 0. The molecule has 0 aliphatic rings. The van der Waals surface area contributed by atoms with E-state index in [1.807, 2.05) is 0 Å². The molecule has 0 saturated carbocycles. The summed E-state index contributed by atoms with van der Waals surface area (Å²) in [7, 11) is -9.28. The van der Waals surface area contributed by atoms with Gasteiger partial charge in [0, 0.05) is 21.7 Å². The normalized spacial score (nSPS) is 8.43. The van der Waals surface area contributed by atoms with Crippen LogP contribution in [0, 0.1) is 0 Å².